The quantitative estimate of drug-likeness (QED) is 0.856. The van der Waals surface area contributed by atoms with E-state index in [0.717, 1.165) is 17.8 Å². The zero-order valence-corrected chi connectivity index (χ0v) is 10.6. The standard InChI is InChI=1S/C14H12F4N2/c1-9-3-2-4-11(20-9)8-19-13-7-10(14(16,17)18)5-6-12(13)15/h2-7,19H,8H2,1H3. The Balaban J connectivity index is 2.17. The highest BCUT2D eigenvalue weighted by atomic mass is 19.4. The van der Waals surface area contributed by atoms with Crippen LogP contribution in [0, 0.1) is 12.7 Å². The van der Waals surface area contributed by atoms with Crippen LogP contribution in [-0.4, -0.2) is 4.98 Å². The highest BCUT2D eigenvalue weighted by Crippen LogP contribution is 2.31. The number of alkyl halides is 3. The molecule has 0 amide bonds. The molecule has 106 valence electrons. The Morgan fingerprint density at radius 1 is 1.15 bits per heavy atom. The second kappa shape index (κ2) is 5.48. The van der Waals surface area contributed by atoms with Crippen molar-refractivity contribution in [3.63, 3.8) is 0 Å². The zero-order valence-electron chi connectivity index (χ0n) is 10.6. The Morgan fingerprint density at radius 2 is 1.90 bits per heavy atom. The van der Waals surface area contributed by atoms with E-state index in [4.69, 9.17) is 0 Å². The SMILES string of the molecule is Cc1cccc(CNc2cc(C(F)(F)F)ccc2F)n1. The van der Waals surface area contributed by atoms with Crippen LogP contribution in [0.15, 0.2) is 36.4 Å². The van der Waals surface area contributed by atoms with Gasteiger partial charge in [0.1, 0.15) is 5.82 Å². The molecule has 0 aliphatic heterocycles. The van der Waals surface area contributed by atoms with Crippen molar-refractivity contribution in [1.29, 1.82) is 0 Å². The summed E-state index contributed by atoms with van der Waals surface area (Å²) in [6.07, 6.45) is -4.49. The summed E-state index contributed by atoms with van der Waals surface area (Å²) >= 11 is 0. The van der Waals surface area contributed by atoms with E-state index in [2.05, 4.69) is 10.3 Å². The third-order valence-electron chi connectivity index (χ3n) is 2.70. The maximum absolute atomic E-state index is 13.5. The molecule has 2 aromatic rings. The van der Waals surface area contributed by atoms with Gasteiger partial charge in [0.25, 0.3) is 0 Å². The van der Waals surface area contributed by atoms with E-state index < -0.39 is 17.6 Å². The van der Waals surface area contributed by atoms with Crippen LogP contribution in [0.25, 0.3) is 0 Å². The van der Waals surface area contributed by atoms with Crippen LogP contribution < -0.4 is 5.32 Å². The first kappa shape index (κ1) is 14.3. The molecule has 1 N–H and O–H groups in total. The molecule has 0 radical (unpaired) electrons. The molecule has 0 aliphatic rings. The number of rotatable bonds is 3. The normalized spacial score (nSPS) is 11.4. The van der Waals surface area contributed by atoms with Crippen molar-refractivity contribution in [2.24, 2.45) is 0 Å². The molecule has 20 heavy (non-hydrogen) atoms. The Bertz CT molecular complexity index is 608. The fourth-order valence-corrected chi connectivity index (χ4v) is 1.72. The van der Waals surface area contributed by atoms with E-state index in [1.54, 1.807) is 25.1 Å². The second-order valence-corrected chi connectivity index (χ2v) is 4.32. The fourth-order valence-electron chi connectivity index (χ4n) is 1.72. The average Bonchev–Trinajstić information content (AvgIpc) is 2.36. The number of benzene rings is 1. The molecule has 0 unspecified atom stereocenters. The van der Waals surface area contributed by atoms with Crippen molar-refractivity contribution >= 4 is 5.69 Å². The summed E-state index contributed by atoms with van der Waals surface area (Å²) in [5.74, 6) is -0.731. The second-order valence-electron chi connectivity index (χ2n) is 4.32. The molecule has 0 bridgehead atoms. The molecule has 0 saturated heterocycles. The Kier molecular flexibility index (Phi) is 3.92. The molecular weight excluding hydrogens is 272 g/mol. The van der Waals surface area contributed by atoms with Gasteiger partial charge in [0.2, 0.25) is 0 Å². The van der Waals surface area contributed by atoms with E-state index in [0.29, 0.717) is 11.8 Å². The van der Waals surface area contributed by atoms with Crippen LogP contribution in [0.1, 0.15) is 17.0 Å². The lowest BCUT2D eigenvalue weighted by Gasteiger charge is -2.11. The minimum Gasteiger partial charge on any atom is -0.377 e. The van der Waals surface area contributed by atoms with Crippen molar-refractivity contribution < 1.29 is 17.6 Å². The molecule has 1 aromatic heterocycles. The smallest absolute Gasteiger partial charge is 0.377 e. The first-order valence-electron chi connectivity index (χ1n) is 5.89. The number of halogens is 4. The van der Waals surface area contributed by atoms with Crippen LogP contribution in [0.4, 0.5) is 23.2 Å². The van der Waals surface area contributed by atoms with Gasteiger partial charge in [-0.3, -0.25) is 4.98 Å². The topological polar surface area (TPSA) is 24.9 Å². The van der Waals surface area contributed by atoms with Crippen LogP contribution in [0.2, 0.25) is 0 Å². The van der Waals surface area contributed by atoms with Gasteiger partial charge in [0.05, 0.1) is 23.5 Å². The number of aryl methyl sites for hydroxylation is 1. The predicted octanol–water partition coefficient (Wildman–Crippen LogP) is 4.16. The Morgan fingerprint density at radius 3 is 2.55 bits per heavy atom. The summed E-state index contributed by atoms with van der Waals surface area (Å²) in [4.78, 5) is 4.18. The number of hydrogen-bond donors (Lipinski definition) is 1. The van der Waals surface area contributed by atoms with Crippen molar-refractivity contribution in [3.8, 4) is 0 Å². The molecule has 2 rings (SSSR count). The maximum atomic E-state index is 13.5. The van der Waals surface area contributed by atoms with Crippen molar-refractivity contribution in [2.75, 3.05) is 5.32 Å². The minimum atomic E-state index is -4.49. The van der Waals surface area contributed by atoms with Gasteiger partial charge in [-0.2, -0.15) is 13.2 Å². The number of nitrogens with zero attached hydrogens (tertiary/aromatic N) is 1. The number of anilines is 1. The van der Waals surface area contributed by atoms with Gasteiger partial charge in [-0.15, -0.1) is 0 Å². The lowest BCUT2D eigenvalue weighted by Crippen LogP contribution is -2.08. The molecule has 1 heterocycles. The number of hydrogen-bond acceptors (Lipinski definition) is 2. The van der Waals surface area contributed by atoms with E-state index in [1.807, 2.05) is 0 Å². The molecule has 6 heteroatoms. The monoisotopic (exact) mass is 284 g/mol. The van der Waals surface area contributed by atoms with Gasteiger partial charge in [-0.25, -0.2) is 4.39 Å². The molecule has 0 atom stereocenters. The Hall–Kier alpha value is -2.11. The Labute approximate surface area is 113 Å². The largest absolute Gasteiger partial charge is 0.416 e. The third-order valence-corrected chi connectivity index (χ3v) is 2.70. The summed E-state index contributed by atoms with van der Waals surface area (Å²) < 4.78 is 51.1. The summed E-state index contributed by atoms with van der Waals surface area (Å²) in [6.45, 7) is 1.95. The van der Waals surface area contributed by atoms with Gasteiger partial charge >= 0.3 is 6.18 Å². The maximum Gasteiger partial charge on any atom is 0.416 e. The molecular formula is C14H12F4N2. The average molecular weight is 284 g/mol. The fraction of sp³-hybridized carbons (Fsp3) is 0.214. The van der Waals surface area contributed by atoms with Gasteiger partial charge in [-0.05, 0) is 37.3 Å². The third kappa shape index (κ3) is 3.46. The molecule has 0 fully saturated rings. The lowest BCUT2D eigenvalue weighted by molar-refractivity contribution is -0.137. The van der Waals surface area contributed by atoms with Gasteiger partial charge in [0.15, 0.2) is 0 Å². The molecule has 2 nitrogen and oxygen atoms in total. The number of pyridine rings is 1. The molecule has 1 aromatic carbocycles. The summed E-state index contributed by atoms with van der Waals surface area (Å²) in [6, 6.07) is 7.56. The van der Waals surface area contributed by atoms with Crippen LogP contribution in [-0.2, 0) is 12.7 Å². The van der Waals surface area contributed by atoms with E-state index in [9.17, 15) is 17.6 Å². The first-order chi connectivity index (χ1) is 9.36. The molecule has 0 aliphatic carbocycles. The lowest BCUT2D eigenvalue weighted by atomic mass is 10.2. The summed E-state index contributed by atoms with van der Waals surface area (Å²) in [5, 5.41) is 2.63. The van der Waals surface area contributed by atoms with Crippen molar-refractivity contribution in [1.82, 2.24) is 4.98 Å². The van der Waals surface area contributed by atoms with Crippen LogP contribution >= 0.6 is 0 Å². The molecule has 0 spiro atoms. The van der Waals surface area contributed by atoms with Crippen molar-refractivity contribution in [2.45, 2.75) is 19.6 Å². The first-order valence-corrected chi connectivity index (χ1v) is 5.89. The minimum absolute atomic E-state index is 0.153. The van der Waals surface area contributed by atoms with E-state index >= 15 is 0 Å². The van der Waals surface area contributed by atoms with Gasteiger partial charge < -0.3 is 5.32 Å². The van der Waals surface area contributed by atoms with E-state index in [1.165, 1.54) is 0 Å². The highest BCUT2D eigenvalue weighted by Gasteiger charge is 2.31. The summed E-state index contributed by atoms with van der Waals surface area (Å²) in [7, 11) is 0. The van der Waals surface area contributed by atoms with Crippen LogP contribution in [0.3, 0.4) is 0 Å². The van der Waals surface area contributed by atoms with E-state index in [-0.39, 0.29) is 12.2 Å². The molecule has 0 saturated carbocycles. The zero-order chi connectivity index (χ0) is 14.8. The van der Waals surface area contributed by atoms with Crippen LogP contribution in [0.5, 0.6) is 0 Å². The summed E-state index contributed by atoms with van der Waals surface area (Å²) in [5.41, 5.74) is 0.331. The number of aromatic nitrogens is 1. The number of nitrogens with one attached hydrogen (secondary N) is 1. The highest BCUT2D eigenvalue weighted by molar-refractivity contribution is 5.48. The van der Waals surface area contributed by atoms with Gasteiger partial charge in [0, 0.05) is 5.69 Å². The van der Waals surface area contributed by atoms with Gasteiger partial charge in [-0.1, -0.05) is 6.07 Å². The van der Waals surface area contributed by atoms with Crippen molar-refractivity contribution in [3.05, 3.63) is 59.2 Å². The predicted molar refractivity (Wildman–Crippen MR) is 67.7 cm³/mol.